The highest BCUT2D eigenvalue weighted by atomic mass is 16.5. The van der Waals surface area contributed by atoms with Gasteiger partial charge in [0, 0.05) is 37.9 Å². The Bertz CT molecular complexity index is 1060. The molecule has 2 aromatic carbocycles. The first kappa shape index (κ1) is 21.6. The number of hydrogen-bond donors (Lipinski definition) is 0. The van der Waals surface area contributed by atoms with Crippen molar-refractivity contribution in [2.24, 2.45) is 5.92 Å². The second-order valence-corrected chi connectivity index (χ2v) is 8.82. The van der Waals surface area contributed by atoms with Crippen molar-refractivity contribution in [1.29, 1.82) is 0 Å². The first-order chi connectivity index (χ1) is 16.3. The highest BCUT2D eigenvalue weighted by molar-refractivity contribution is 5.99. The van der Waals surface area contributed by atoms with Crippen molar-refractivity contribution in [2.45, 2.75) is 19.3 Å². The van der Waals surface area contributed by atoms with Crippen molar-refractivity contribution in [3.63, 3.8) is 0 Å². The summed E-state index contributed by atoms with van der Waals surface area (Å²) >= 11 is 0. The van der Waals surface area contributed by atoms with Crippen molar-refractivity contribution in [3.05, 3.63) is 78.0 Å². The first-order valence-electron chi connectivity index (χ1n) is 11.9. The molecule has 5 rings (SSSR count). The van der Waals surface area contributed by atoms with Gasteiger partial charge in [-0.25, -0.2) is 9.97 Å². The quantitative estimate of drug-likeness (QED) is 0.596. The van der Waals surface area contributed by atoms with Gasteiger partial charge in [0.1, 0.15) is 11.4 Å². The molecule has 0 atom stereocenters. The number of benzene rings is 2. The molecule has 3 aromatic rings. The van der Waals surface area contributed by atoms with Gasteiger partial charge in [-0.05, 0) is 30.7 Å². The number of piperidine rings is 1. The molecule has 0 saturated carbocycles. The Kier molecular flexibility index (Phi) is 6.63. The zero-order valence-corrected chi connectivity index (χ0v) is 18.9. The molecule has 1 amide bonds. The van der Waals surface area contributed by atoms with E-state index in [9.17, 15) is 4.79 Å². The molecule has 0 aliphatic carbocycles. The zero-order valence-electron chi connectivity index (χ0n) is 18.9. The molecule has 170 valence electrons. The van der Waals surface area contributed by atoms with Gasteiger partial charge in [-0.1, -0.05) is 60.7 Å². The minimum atomic E-state index is -0.000629. The van der Waals surface area contributed by atoms with Gasteiger partial charge in [0.05, 0.1) is 13.2 Å². The molecule has 0 radical (unpaired) electrons. The van der Waals surface area contributed by atoms with Gasteiger partial charge in [0.2, 0.25) is 0 Å². The van der Waals surface area contributed by atoms with Crippen LogP contribution in [-0.2, 0) is 11.2 Å². The van der Waals surface area contributed by atoms with E-state index in [2.05, 4.69) is 40.2 Å². The smallest absolute Gasteiger partial charge is 0.259 e. The second-order valence-electron chi connectivity index (χ2n) is 8.82. The van der Waals surface area contributed by atoms with E-state index >= 15 is 0 Å². The summed E-state index contributed by atoms with van der Waals surface area (Å²) < 4.78 is 5.43. The van der Waals surface area contributed by atoms with Crippen LogP contribution in [0.2, 0.25) is 0 Å². The zero-order chi connectivity index (χ0) is 22.5. The van der Waals surface area contributed by atoms with Gasteiger partial charge in [-0.15, -0.1) is 0 Å². The monoisotopic (exact) mass is 442 g/mol. The summed E-state index contributed by atoms with van der Waals surface area (Å²) in [6.07, 6.45) is 5.00. The molecule has 0 N–H and O–H groups in total. The number of morpholine rings is 1. The van der Waals surface area contributed by atoms with E-state index in [-0.39, 0.29) is 5.91 Å². The van der Waals surface area contributed by atoms with Gasteiger partial charge in [-0.2, -0.15) is 0 Å². The number of ether oxygens (including phenoxy) is 1. The maximum Gasteiger partial charge on any atom is 0.259 e. The van der Waals surface area contributed by atoms with Gasteiger partial charge in [-0.3, -0.25) is 4.79 Å². The van der Waals surface area contributed by atoms with Crippen LogP contribution in [0.3, 0.4) is 0 Å². The Morgan fingerprint density at radius 1 is 0.909 bits per heavy atom. The maximum absolute atomic E-state index is 13.4. The van der Waals surface area contributed by atoms with Crippen molar-refractivity contribution < 1.29 is 9.53 Å². The van der Waals surface area contributed by atoms with Crippen LogP contribution >= 0.6 is 0 Å². The largest absolute Gasteiger partial charge is 0.378 e. The number of rotatable bonds is 5. The van der Waals surface area contributed by atoms with Crippen molar-refractivity contribution in [2.75, 3.05) is 44.3 Å². The Morgan fingerprint density at radius 2 is 1.58 bits per heavy atom. The van der Waals surface area contributed by atoms with Crippen LogP contribution < -0.4 is 4.90 Å². The lowest BCUT2D eigenvalue weighted by Crippen LogP contribution is -2.42. The van der Waals surface area contributed by atoms with E-state index in [0.717, 1.165) is 43.7 Å². The Hall–Kier alpha value is -3.25. The second kappa shape index (κ2) is 10.1. The summed E-state index contributed by atoms with van der Waals surface area (Å²) in [5.41, 5.74) is 2.95. The SMILES string of the molecule is O=C(c1cnc(-c2ccccc2)nc1N1CCC(Cc2ccccc2)CC1)N1CCOCC1. The average molecular weight is 443 g/mol. The standard InChI is InChI=1S/C27H30N4O2/c32-27(31-15-17-33-18-16-31)24-20-28-25(23-9-5-2-6-10-23)29-26(24)30-13-11-22(12-14-30)19-21-7-3-1-4-8-21/h1-10,20,22H,11-19H2. The molecule has 33 heavy (non-hydrogen) atoms. The molecule has 0 unspecified atom stereocenters. The predicted molar refractivity (Wildman–Crippen MR) is 129 cm³/mol. The molecular weight excluding hydrogens is 412 g/mol. The van der Waals surface area contributed by atoms with E-state index in [1.165, 1.54) is 5.56 Å². The number of amides is 1. The van der Waals surface area contributed by atoms with E-state index < -0.39 is 0 Å². The first-order valence-corrected chi connectivity index (χ1v) is 11.9. The molecule has 2 aliphatic rings. The molecule has 1 aromatic heterocycles. The van der Waals surface area contributed by atoms with Gasteiger partial charge < -0.3 is 14.5 Å². The topological polar surface area (TPSA) is 58.6 Å². The fourth-order valence-corrected chi connectivity index (χ4v) is 4.72. The highest BCUT2D eigenvalue weighted by Gasteiger charge is 2.28. The van der Waals surface area contributed by atoms with Gasteiger partial charge in [0.15, 0.2) is 5.82 Å². The lowest BCUT2D eigenvalue weighted by molar-refractivity contribution is 0.0302. The van der Waals surface area contributed by atoms with Crippen molar-refractivity contribution in [1.82, 2.24) is 14.9 Å². The molecule has 2 saturated heterocycles. The van der Waals surface area contributed by atoms with E-state index in [1.54, 1.807) is 6.20 Å². The number of hydrogen-bond acceptors (Lipinski definition) is 5. The lowest BCUT2D eigenvalue weighted by Gasteiger charge is -2.35. The highest BCUT2D eigenvalue weighted by Crippen LogP contribution is 2.29. The normalized spacial score (nSPS) is 17.2. The third-order valence-electron chi connectivity index (χ3n) is 6.61. The van der Waals surface area contributed by atoms with Crippen LogP contribution in [0.4, 0.5) is 5.82 Å². The number of anilines is 1. The van der Waals surface area contributed by atoms with Crippen LogP contribution in [0.1, 0.15) is 28.8 Å². The lowest BCUT2D eigenvalue weighted by atomic mass is 9.90. The van der Waals surface area contributed by atoms with Crippen molar-refractivity contribution in [3.8, 4) is 11.4 Å². The molecule has 2 aliphatic heterocycles. The molecule has 3 heterocycles. The average Bonchev–Trinajstić information content (AvgIpc) is 2.90. The molecule has 0 bridgehead atoms. The summed E-state index contributed by atoms with van der Waals surface area (Å²) in [5, 5.41) is 0. The Labute approximate surface area is 195 Å². The van der Waals surface area contributed by atoms with Crippen LogP contribution in [0.15, 0.2) is 66.9 Å². The van der Waals surface area contributed by atoms with E-state index in [0.29, 0.717) is 43.6 Å². The predicted octanol–water partition coefficient (Wildman–Crippen LogP) is 4.08. The van der Waals surface area contributed by atoms with Crippen LogP contribution in [0.25, 0.3) is 11.4 Å². The molecule has 6 nitrogen and oxygen atoms in total. The van der Waals surface area contributed by atoms with Crippen LogP contribution in [0.5, 0.6) is 0 Å². The minimum Gasteiger partial charge on any atom is -0.378 e. The van der Waals surface area contributed by atoms with Gasteiger partial charge >= 0.3 is 0 Å². The van der Waals surface area contributed by atoms with Gasteiger partial charge in [0.25, 0.3) is 5.91 Å². The summed E-state index contributed by atoms with van der Waals surface area (Å²) in [4.78, 5) is 27.0. The molecule has 0 spiro atoms. The van der Waals surface area contributed by atoms with E-state index in [1.807, 2.05) is 35.2 Å². The number of carbonyl (C=O) groups excluding carboxylic acids is 1. The molecule has 2 fully saturated rings. The Balaban J connectivity index is 1.38. The fourth-order valence-electron chi connectivity index (χ4n) is 4.72. The third-order valence-corrected chi connectivity index (χ3v) is 6.61. The summed E-state index contributed by atoms with van der Waals surface area (Å²) in [6, 6.07) is 20.7. The summed E-state index contributed by atoms with van der Waals surface area (Å²) in [6.45, 7) is 4.16. The van der Waals surface area contributed by atoms with Crippen LogP contribution in [0, 0.1) is 5.92 Å². The summed E-state index contributed by atoms with van der Waals surface area (Å²) in [5.74, 6) is 2.07. The number of nitrogens with zero attached hydrogens (tertiary/aromatic N) is 4. The third kappa shape index (κ3) is 5.06. The molecular formula is C27H30N4O2. The number of aromatic nitrogens is 2. The Morgan fingerprint density at radius 3 is 2.27 bits per heavy atom. The van der Waals surface area contributed by atoms with Crippen LogP contribution in [-0.4, -0.2) is 60.2 Å². The van der Waals surface area contributed by atoms with E-state index in [4.69, 9.17) is 9.72 Å². The molecule has 6 heteroatoms. The summed E-state index contributed by atoms with van der Waals surface area (Å²) in [7, 11) is 0. The fraction of sp³-hybridized carbons (Fsp3) is 0.370. The maximum atomic E-state index is 13.4. The minimum absolute atomic E-state index is 0.000629. The van der Waals surface area contributed by atoms with Crippen molar-refractivity contribution >= 4 is 11.7 Å². The number of carbonyl (C=O) groups is 1.